The van der Waals surface area contributed by atoms with E-state index >= 15 is 0 Å². The minimum absolute atomic E-state index is 0.0501. The quantitative estimate of drug-likeness (QED) is 0.609. The van der Waals surface area contributed by atoms with E-state index in [0.29, 0.717) is 11.3 Å². The molecule has 0 saturated carbocycles. The predicted octanol–water partition coefficient (Wildman–Crippen LogP) is 4.05. The Bertz CT molecular complexity index is 1140. The molecule has 0 aliphatic heterocycles. The van der Waals surface area contributed by atoms with E-state index in [-0.39, 0.29) is 16.9 Å². The molecule has 0 fully saturated rings. The van der Waals surface area contributed by atoms with Crippen LogP contribution in [0.5, 0.6) is 0 Å². The van der Waals surface area contributed by atoms with Crippen LogP contribution in [0.4, 0.5) is 14.5 Å². The molecule has 5 nitrogen and oxygen atoms in total. The van der Waals surface area contributed by atoms with E-state index < -0.39 is 33.4 Å². The minimum Gasteiger partial charge on any atom is -0.355 e. The average Bonchev–Trinajstić information content (AvgIpc) is 3.10. The second kappa shape index (κ2) is 7.55. The van der Waals surface area contributed by atoms with Crippen LogP contribution in [-0.4, -0.2) is 25.4 Å². The van der Waals surface area contributed by atoms with Crippen molar-refractivity contribution in [3.8, 4) is 0 Å². The highest BCUT2D eigenvalue weighted by atomic mass is 32.2. The highest BCUT2D eigenvalue weighted by Crippen LogP contribution is 2.28. The Balaban J connectivity index is 1.85. The lowest BCUT2D eigenvalue weighted by Crippen LogP contribution is -2.10. The predicted molar refractivity (Wildman–Crippen MR) is 103 cm³/mol. The summed E-state index contributed by atoms with van der Waals surface area (Å²) in [5, 5.41) is 0. The second-order valence-corrected chi connectivity index (χ2v) is 8.22. The number of hydrogen-bond acceptors (Lipinski definition) is 3. The Morgan fingerprint density at radius 2 is 1.75 bits per heavy atom. The molecule has 1 aromatic heterocycles. The van der Waals surface area contributed by atoms with Crippen molar-refractivity contribution in [2.45, 2.75) is 12.8 Å². The summed E-state index contributed by atoms with van der Waals surface area (Å²) >= 11 is 0. The summed E-state index contributed by atoms with van der Waals surface area (Å²) in [6.07, 6.45) is 0.981. The fourth-order valence-corrected chi connectivity index (χ4v) is 3.47. The first kappa shape index (κ1) is 19.8. The molecule has 0 bridgehead atoms. The van der Waals surface area contributed by atoms with Gasteiger partial charge in [0.1, 0.15) is 11.6 Å². The summed E-state index contributed by atoms with van der Waals surface area (Å²) in [6, 6.07) is 12.9. The van der Waals surface area contributed by atoms with Crippen LogP contribution >= 0.6 is 0 Å². The van der Waals surface area contributed by atoms with Crippen LogP contribution in [0.15, 0.2) is 54.6 Å². The SMILES string of the molecule is CC(c1ccc(C(=O)c2ccccc2F)[nH]1)c1ccc(NS(C)(=O)=O)cc1F. The molecule has 146 valence electrons. The van der Waals surface area contributed by atoms with Gasteiger partial charge in [0, 0.05) is 11.6 Å². The number of nitrogens with one attached hydrogen (secondary N) is 2. The number of aromatic amines is 1. The van der Waals surface area contributed by atoms with Crippen LogP contribution < -0.4 is 4.72 Å². The molecule has 1 atom stereocenters. The van der Waals surface area contributed by atoms with Crippen LogP contribution in [-0.2, 0) is 10.0 Å². The first-order valence-corrected chi connectivity index (χ1v) is 10.3. The molecular weight excluding hydrogens is 386 g/mol. The van der Waals surface area contributed by atoms with E-state index in [4.69, 9.17) is 0 Å². The van der Waals surface area contributed by atoms with Crippen LogP contribution in [0.1, 0.15) is 40.2 Å². The second-order valence-electron chi connectivity index (χ2n) is 6.47. The number of anilines is 1. The molecule has 1 heterocycles. The van der Waals surface area contributed by atoms with Crippen molar-refractivity contribution in [2.24, 2.45) is 0 Å². The maximum Gasteiger partial charge on any atom is 0.229 e. The van der Waals surface area contributed by atoms with E-state index in [1.807, 2.05) is 0 Å². The zero-order valence-corrected chi connectivity index (χ0v) is 16.0. The van der Waals surface area contributed by atoms with Gasteiger partial charge in [-0.05, 0) is 42.0 Å². The summed E-state index contributed by atoms with van der Waals surface area (Å²) < 4.78 is 53.1. The Hall–Kier alpha value is -3.00. The molecule has 0 aliphatic rings. The highest BCUT2D eigenvalue weighted by Gasteiger charge is 2.19. The van der Waals surface area contributed by atoms with Crippen molar-refractivity contribution < 1.29 is 22.0 Å². The van der Waals surface area contributed by atoms with Crippen molar-refractivity contribution in [1.82, 2.24) is 4.98 Å². The van der Waals surface area contributed by atoms with Crippen LogP contribution in [0.3, 0.4) is 0 Å². The zero-order chi connectivity index (χ0) is 20.5. The minimum atomic E-state index is -3.51. The standard InChI is InChI=1S/C20H18F2N2O3S/c1-12(14-8-7-13(11-17(14)22)24-28(2,26)27)18-9-10-19(23-18)20(25)15-5-3-4-6-16(15)21/h3-12,23-24H,1-2H3. The van der Waals surface area contributed by atoms with Gasteiger partial charge in [0.15, 0.2) is 0 Å². The number of benzene rings is 2. The lowest BCUT2D eigenvalue weighted by molar-refractivity contribution is 0.103. The number of sulfonamides is 1. The smallest absolute Gasteiger partial charge is 0.229 e. The summed E-state index contributed by atoms with van der Waals surface area (Å²) in [4.78, 5) is 15.4. The number of carbonyl (C=O) groups excluding carboxylic acids is 1. The molecular formula is C20H18F2N2O3S. The summed E-state index contributed by atoms with van der Waals surface area (Å²) in [6.45, 7) is 1.74. The van der Waals surface area contributed by atoms with Gasteiger partial charge in [-0.3, -0.25) is 9.52 Å². The molecule has 28 heavy (non-hydrogen) atoms. The topological polar surface area (TPSA) is 79.0 Å². The molecule has 3 aromatic rings. The average molecular weight is 404 g/mol. The molecule has 8 heteroatoms. The molecule has 1 unspecified atom stereocenters. The number of halogens is 2. The lowest BCUT2D eigenvalue weighted by atomic mass is 9.97. The highest BCUT2D eigenvalue weighted by molar-refractivity contribution is 7.92. The third-order valence-corrected chi connectivity index (χ3v) is 4.91. The van der Waals surface area contributed by atoms with Crippen molar-refractivity contribution in [3.05, 3.63) is 88.7 Å². The fraction of sp³-hybridized carbons (Fsp3) is 0.150. The fourth-order valence-electron chi connectivity index (χ4n) is 2.91. The van der Waals surface area contributed by atoms with Gasteiger partial charge in [-0.2, -0.15) is 0 Å². The van der Waals surface area contributed by atoms with Gasteiger partial charge in [0.05, 0.1) is 23.2 Å². The number of hydrogen-bond donors (Lipinski definition) is 2. The summed E-state index contributed by atoms with van der Waals surface area (Å²) in [7, 11) is -3.51. The van der Waals surface area contributed by atoms with Gasteiger partial charge >= 0.3 is 0 Å². The lowest BCUT2D eigenvalue weighted by Gasteiger charge is -2.13. The van der Waals surface area contributed by atoms with Gasteiger partial charge in [0.25, 0.3) is 0 Å². The van der Waals surface area contributed by atoms with Gasteiger partial charge in [-0.1, -0.05) is 25.1 Å². The van der Waals surface area contributed by atoms with E-state index in [1.165, 1.54) is 36.4 Å². The monoisotopic (exact) mass is 404 g/mol. The molecule has 3 rings (SSSR count). The van der Waals surface area contributed by atoms with Crippen molar-refractivity contribution in [2.75, 3.05) is 11.0 Å². The van der Waals surface area contributed by atoms with E-state index in [9.17, 15) is 22.0 Å². The molecule has 0 aliphatic carbocycles. The van der Waals surface area contributed by atoms with Gasteiger partial charge in [-0.25, -0.2) is 17.2 Å². The Kier molecular flexibility index (Phi) is 5.33. The third-order valence-electron chi connectivity index (χ3n) is 4.31. The molecule has 0 spiro atoms. The van der Waals surface area contributed by atoms with Crippen LogP contribution in [0.25, 0.3) is 0 Å². The first-order valence-electron chi connectivity index (χ1n) is 8.41. The maximum absolute atomic E-state index is 14.5. The molecule has 2 N–H and O–H groups in total. The van der Waals surface area contributed by atoms with Gasteiger partial charge in [0.2, 0.25) is 15.8 Å². The van der Waals surface area contributed by atoms with Crippen molar-refractivity contribution >= 4 is 21.5 Å². The van der Waals surface area contributed by atoms with Crippen LogP contribution in [0.2, 0.25) is 0 Å². The van der Waals surface area contributed by atoms with Crippen LogP contribution in [0, 0.1) is 11.6 Å². The van der Waals surface area contributed by atoms with Gasteiger partial charge in [-0.15, -0.1) is 0 Å². The largest absolute Gasteiger partial charge is 0.355 e. The van der Waals surface area contributed by atoms with Crippen molar-refractivity contribution in [3.63, 3.8) is 0 Å². The molecule has 0 saturated heterocycles. The third kappa shape index (κ3) is 4.28. The number of aromatic nitrogens is 1. The normalized spacial score (nSPS) is 12.6. The summed E-state index contributed by atoms with van der Waals surface area (Å²) in [5.41, 5.74) is 1.17. The Morgan fingerprint density at radius 3 is 2.39 bits per heavy atom. The summed E-state index contributed by atoms with van der Waals surface area (Å²) in [5.74, 6) is -2.13. The molecule has 2 aromatic carbocycles. The number of rotatable bonds is 6. The number of H-pyrrole nitrogens is 1. The van der Waals surface area contributed by atoms with E-state index in [1.54, 1.807) is 19.1 Å². The zero-order valence-electron chi connectivity index (χ0n) is 15.2. The number of ketones is 1. The Labute approximate surface area is 161 Å². The first-order chi connectivity index (χ1) is 13.2. The van der Waals surface area contributed by atoms with Gasteiger partial charge < -0.3 is 4.98 Å². The van der Waals surface area contributed by atoms with E-state index in [0.717, 1.165) is 12.3 Å². The Morgan fingerprint density at radius 1 is 1.04 bits per heavy atom. The van der Waals surface area contributed by atoms with E-state index in [2.05, 4.69) is 9.71 Å². The molecule has 0 amide bonds. The molecule has 0 radical (unpaired) electrons. The number of carbonyl (C=O) groups is 1. The maximum atomic E-state index is 14.5. The van der Waals surface area contributed by atoms with Crippen molar-refractivity contribution in [1.29, 1.82) is 0 Å².